The van der Waals surface area contributed by atoms with Crippen molar-refractivity contribution in [3.63, 3.8) is 0 Å². The number of hydrogen-bond donors (Lipinski definition) is 0. The Hall–Kier alpha value is -2.10. The van der Waals surface area contributed by atoms with Crippen LogP contribution < -0.4 is 4.74 Å². The molecule has 1 atom stereocenters. The van der Waals surface area contributed by atoms with Crippen molar-refractivity contribution in [3.8, 4) is 6.01 Å². The minimum Gasteiger partial charge on any atom is -0.458 e. The number of hydrogen-bond acceptors (Lipinski definition) is 5. The zero-order chi connectivity index (χ0) is 17.9. The van der Waals surface area contributed by atoms with Crippen LogP contribution in [0.25, 0.3) is 0 Å². The van der Waals surface area contributed by atoms with E-state index in [1.807, 2.05) is 0 Å². The highest BCUT2D eigenvalue weighted by molar-refractivity contribution is 5.74. The summed E-state index contributed by atoms with van der Waals surface area (Å²) in [7, 11) is 0. The van der Waals surface area contributed by atoms with Crippen LogP contribution in [-0.2, 0) is 10.9 Å². The molecule has 2 amide bonds. The highest BCUT2D eigenvalue weighted by Gasteiger charge is 2.34. The van der Waals surface area contributed by atoms with E-state index >= 15 is 0 Å². The number of halogens is 3. The fraction of sp³-hybridized carbons (Fsp3) is 0.667. The lowest BCUT2D eigenvalue weighted by molar-refractivity contribution is -0.141. The standard InChI is InChI=1S/C15H19F3N4O3/c16-15(17,18)12-3-4-19-13(20-12)25-11-2-1-5-22(10-11)14(23)21-6-8-24-9-7-21/h3-4,11H,1-2,5-10H2. The van der Waals surface area contributed by atoms with Crippen LogP contribution >= 0.6 is 0 Å². The average Bonchev–Trinajstić information content (AvgIpc) is 2.61. The van der Waals surface area contributed by atoms with Gasteiger partial charge < -0.3 is 19.3 Å². The molecule has 7 nitrogen and oxygen atoms in total. The molecule has 2 aliphatic heterocycles. The number of urea groups is 1. The van der Waals surface area contributed by atoms with Gasteiger partial charge in [-0.1, -0.05) is 0 Å². The molecule has 10 heteroatoms. The van der Waals surface area contributed by atoms with E-state index in [0.717, 1.165) is 12.3 Å². The van der Waals surface area contributed by atoms with Gasteiger partial charge in [0.05, 0.1) is 19.8 Å². The fourth-order valence-corrected chi connectivity index (χ4v) is 2.87. The Balaban J connectivity index is 1.61. The van der Waals surface area contributed by atoms with E-state index in [1.165, 1.54) is 0 Å². The van der Waals surface area contributed by atoms with Crippen molar-refractivity contribution in [2.45, 2.75) is 25.1 Å². The second-order valence-electron chi connectivity index (χ2n) is 5.93. The van der Waals surface area contributed by atoms with Crippen LogP contribution in [0.15, 0.2) is 12.3 Å². The topological polar surface area (TPSA) is 67.8 Å². The highest BCUT2D eigenvalue weighted by Crippen LogP contribution is 2.28. The lowest BCUT2D eigenvalue weighted by Crippen LogP contribution is -2.52. The van der Waals surface area contributed by atoms with E-state index in [2.05, 4.69) is 9.97 Å². The number of rotatable bonds is 2. The summed E-state index contributed by atoms with van der Waals surface area (Å²) in [5, 5.41) is 0. The maximum Gasteiger partial charge on any atom is 0.433 e. The quantitative estimate of drug-likeness (QED) is 0.804. The molecule has 138 valence electrons. The molecule has 3 rings (SSSR count). The molecular formula is C15H19F3N4O3. The number of ether oxygens (including phenoxy) is 2. The summed E-state index contributed by atoms with van der Waals surface area (Å²) in [5.41, 5.74) is -1.05. The molecule has 0 bridgehead atoms. The van der Waals surface area contributed by atoms with Crippen molar-refractivity contribution in [2.24, 2.45) is 0 Å². The third kappa shape index (κ3) is 4.50. The van der Waals surface area contributed by atoms with Crippen LogP contribution in [0.2, 0.25) is 0 Å². The first-order chi connectivity index (χ1) is 11.9. The van der Waals surface area contributed by atoms with Gasteiger partial charge in [0, 0.05) is 25.8 Å². The van der Waals surface area contributed by atoms with Gasteiger partial charge >= 0.3 is 18.2 Å². The minimum atomic E-state index is -4.55. The summed E-state index contributed by atoms with van der Waals surface area (Å²) in [6, 6.07) is 0.379. The van der Waals surface area contributed by atoms with Gasteiger partial charge in [0.2, 0.25) is 0 Å². The third-order valence-electron chi connectivity index (χ3n) is 4.13. The molecule has 2 fully saturated rings. The van der Waals surface area contributed by atoms with E-state index in [-0.39, 0.29) is 12.0 Å². The van der Waals surface area contributed by atoms with E-state index in [9.17, 15) is 18.0 Å². The molecule has 0 spiro atoms. The van der Waals surface area contributed by atoms with Gasteiger partial charge in [-0.3, -0.25) is 0 Å². The maximum absolute atomic E-state index is 12.7. The van der Waals surface area contributed by atoms with Gasteiger partial charge in [0.25, 0.3) is 0 Å². The SMILES string of the molecule is O=C(N1CCOCC1)N1CCCC(Oc2nccc(C(F)(F)F)n2)C1. The van der Waals surface area contributed by atoms with Crippen molar-refractivity contribution >= 4 is 6.03 Å². The molecule has 3 heterocycles. The number of carbonyl (C=O) groups excluding carboxylic acids is 1. The van der Waals surface area contributed by atoms with Gasteiger partial charge in [-0.25, -0.2) is 9.78 Å². The van der Waals surface area contributed by atoms with Crippen LogP contribution in [0, 0.1) is 0 Å². The van der Waals surface area contributed by atoms with E-state index in [0.29, 0.717) is 52.2 Å². The molecule has 0 N–H and O–H groups in total. The Kier molecular flexibility index (Phi) is 5.26. The first-order valence-corrected chi connectivity index (χ1v) is 8.12. The molecule has 1 aromatic rings. The van der Waals surface area contributed by atoms with Crippen LogP contribution in [0.1, 0.15) is 18.5 Å². The Bertz CT molecular complexity index is 608. The zero-order valence-electron chi connectivity index (χ0n) is 13.5. The summed E-state index contributed by atoms with van der Waals surface area (Å²) >= 11 is 0. The Labute approximate surface area is 142 Å². The van der Waals surface area contributed by atoms with Gasteiger partial charge in [0.1, 0.15) is 6.10 Å². The van der Waals surface area contributed by atoms with Gasteiger partial charge in [-0.05, 0) is 18.9 Å². The molecule has 1 unspecified atom stereocenters. The molecule has 2 saturated heterocycles. The second-order valence-corrected chi connectivity index (χ2v) is 5.93. The minimum absolute atomic E-state index is 0.0958. The second kappa shape index (κ2) is 7.42. The van der Waals surface area contributed by atoms with Crippen molar-refractivity contribution < 1.29 is 27.4 Å². The largest absolute Gasteiger partial charge is 0.458 e. The Morgan fingerprint density at radius 1 is 1.24 bits per heavy atom. The van der Waals surface area contributed by atoms with E-state index in [4.69, 9.17) is 9.47 Å². The molecule has 0 aromatic carbocycles. The van der Waals surface area contributed by atoms with Crippen molar-refractivity contribution in [1.29, 1.82) is 0 Å². The highest BCUT2D eigenvalue weighted by atomic mass is 19.4. The van der Waals surface area contributed by atoms with Crippen molar-refractivity contribution in [3.05, 3.63) is 18.0 Å². The molecule has 2 aliphatic rings. The Morgan fingerprint density at radius 3 is 2.72 bits per heavy atom. The molecule has 0 radical (unpaired) electrons. The number of aromatic nitrogens is 2. The van der Waals surface area contributed by atoms with Gasteiger partial charge in [-0.15, -0.1) is 0 Å². The number of likely N-dealkylation sites (tertiary alicyclic amines) is 1. The summed E-state index contributed by atoms with van der Waals surface area (Å²) in [6.07, 6.45) is -2.62. The lowest BCUT2D eigenvalue weighted by Gasteiger charge is -2.37. The summed E-state index contributed by atoms with van der Waals surface area (Å²) in [5.74, 6) is 0. The number of morpholine rings is 1. The molecule has 25 heavy (non-hydrogen) atoms. The number of carbonyl (C=O) groups is 1. The maximum atomic E-state index is 12.7. The van der Waals surface area contributed by atoms with Crippen LogP contribution in [0.3, 0.4) is 0 Å². The monoisotopic (exact) mass is 360 g/mol. The van der Waals surface area contributed by atoms with Crippen LogP contribution in [0.5, 0.6) is 6.01 Å². The molecule has 1 aromatic heterocycles. The van der Waals surface area contributed by atoms with Gasteiger partial charge in [0.15, 0.2) is 5.69 Å². The summed E-state index contributed by atoms with van der Waals surface area (Å²) in [6.45, 7) is 3.00. The summed E-state index contributed by atoms with van der Waals surface area (Å²) in [4.78, 5) is 23.0. The molecular weight excluding hydrogens is 341 g/mol. The molecule has 0 saturated carbocycles. The fourth-order valence-electron chi connectivity index (χ4n) is 2.87. The zero-order valence-corrected chi connectivity index (χ0v) is 13.5. The number of alkyl halides is 3. The predicted molar refractivity (Wildman–Crippen MR) is 80.0 cm³/mol. The summed E-state index contributed by atoms with van der Waals surface area (Å²) < 4.78 is 48.8. The Morgan fingerprint density at radius 2 is 2.00 bits per heavy atom. The normalized spacial score (nSPS) is 22.0. The van der Waals surface area contributed by atoms with E-state index in [1.54, 1.807) is 9.80 Å². The molecule has 0 aliphatic carbocycles. The number of amides is 2. The van der Waals surface area contributed by atoms with Gasteiger partial charge in [-0.2, -0.15) is 18.2 Å². The van der Waals surface area contributed by atoms with Crippen molar-refractivity contribution in [1.82, 2.24) is 19.8 Å². The first-order valence-electron chi connectivity index (χ1n) is 8.12. The van der Waals surface area contributed by atoms with Crippen molar-refractivity contribution in [2.75, 3.05) is 39.4 Å². The van der Waals surface area contributed by atoms with E-state index < -0.39 is 18.0 Å². The average molecular weight is 360 g/mol. The smallest absolute Gasteiger partial charge is 0.433 e. The lowest BCUT2D eigenvalue weighted by atomic mass is 10.1. The first kappa shape index (κ1) is 17.7. The number of nitrogens with zero attached hydrogens (tertiary/aromatic N) is 4. The van der Waals surface area contributed by atoms with Crippen LogP contribution in [-0.4, -0.2) is 71.3 Å². The predicted octanol–water partition coefficient (Wildman–Crippen LogP) is 1.79. The number of piperidine rings is 1. The van der Waals surface area contributed by atoms with Crippen LogP contribution in [0.4, 0.5) is 18.0 Å². The third-order valence-corrected chi connectivity index (χ3v) is 4.13.